The van der Waals surface area contributed by atoms with Crippen molar-refractivity contribution in [3.05, 3.63) is 40.2 Å². The minimum absolute atomic E-state index is 0.607. The molecule has 0 saturated heterocycles. The van der Waals surface area contributed by atoms with E-state index in [0.717, 1.165) is 21.7 Å². The molecule has 1 aromatic carbocycles. The Morgan fingerprint density at radius 3 is 2.60 bits per heavy atom. The van der Waals surface area contributed by atoms with Crippen LogP contribution in [0, 0.1) is 6.92 Å². The molecular formula is C14H13ClN4S. The summed E-state index contributed by atoms with van der Waals surface area (Å²) >= 11 is 7.56. The SMILES string of the molecule is CNc1nc(Nc2ccc(Cl)cc2)c2cc(C)sc2n1. The Hall–Kier alpha value is -1.85. The monoisotopic (exact) mass is 304 g/mol. The van der Waals surface area contributed by atoms with Gasteiger partial charge in [-0.1, -0.05) is 11.6 Å². The van der Waals surface area contributed by atoms with E-state index in [-0.39, 0.29) is 0 Å². The van der Waals surface area contributed by atoms with Gasteiger partial charge in [-0.25, -0.2) is 4.98 Å². The van der Waals surface area contributed by atoms with Crippen molar-refractivity contribution in [2.75, 3.05) is 17.7 Å². The number of nitrogens with zero attached hydrogens (tertiary/aromatic N) is 2. The van der Waals surface area contributed by atoms with E-state index in [1.165, 1.54) is 4.88 Å². The Morgan fingerprint density at radius 2 is 1.90 bits per heavy atom. The van der Waals surface area contributed by atoms with Gasteiger partial charge in [0.1, 0.15) is 10.6 Å². The second-order valence-electron chi connectivity index (χ2n) is 4.35. The molecule has 0 fully saturated rings. The van der Waals surface area contributed by atoms with Crippen LogP contribution in [0.15, 0.2) is 30.3 Å². The Bertz CT molecular complexity index is 752. The third kappa shape index (κ3) is 2.55. The van der Waals surface area contributed by atoms with Crippen molar-refractivity contribution < 1.29 is 0 Å². The smallest absolute Gasteiger partial charge is 0.225 e. The molecule has 0 bridgehead atoms. The van der Waals surface area contributed by atoms with E-state index in [1.807, 2.05) is 31.3 Å². The average Bonchev–Trinajstić information content (AvgIpc) is 2.81. The maximum Gasteiger partial charge on any atom is 0.225 e. The van der Waals surface area contributed by atoms with Gasteiger partial charge in [-0.15, -0.1) is 11.3 Å². The highest BCUT2D eigenvalue weighted by Gasteiger charge is 2.10. The molecule has 0 aliphatic rings. The summed E-state index contributed by atoms with van der Waals surface area (Å²) in [4.78, 5) is 11.1. The van der Waals surface area contributed by atoms with E-state index in [2.05, 4.69) is 33.6 Å². The first-order valence-corrected chi connectivity index (χ1v) is 7.33. The molecule has 2 aromatic heterocycles. The van der Waals surface area contributed by atoms with Gasteiger partial charge in [-0.3, -0.25) is 0 Å². The summed E-state index contributed by atoms with van der Waals surface area (Å²) in [7, 11) is 1.81. The molecule has 0 aliphatic carbocycles. The number of fused-ring (bicyclic) bond motifs is 1. The lowest BCUT2D eigenvalue weighted by molar-refractivity contribution is 1.20. The summed E-state index contributed by atoms with van der Waals surface area (Å²) in [6.45, 7) is 2.07. The zero-order chi connectivity index (χ0) is 14.1. The summed E-state index contributed by atoms with van der Waals surface area (Å²) in [5, 5.41) is 8.05. The maximum absolute atomic E-state index is 5.90. The molecule has 3 rings (SSSR count). The van der Waals surface area contributed by atoms with Crippen molar-refractivity contribution >= 4 is 50.6 Å². The van der Waals surface area contributed by atoms with Gasteiger partial charge in [0.15, 0.2) is 0 Å². The number of hydrogen-bond acceptors (Lipinski definition) is 5. The van der Waals surface area contributed by atoms with Crippen LogP contribution < -0.4 is 10.6 Å². The molecule has 0 atom stereocenters. The Kier molecular flexibility index (Phi) is 3.46. The zero-order valence-corrected chi connectivity index (χ0v) is 12.6. The van der Waals surface area contributed by atoms with Gasteiger partial charge < -0.3 is 10.6 Å². The largest absolute Gasteiger partial charge is 0.357 e. The fourth-order valence-corrected chi connectivity index (χ4v) is 2.92. The molecule has 2 N–H and O–H groups in total. The van der Waals surface area contributed by atoms with E-state index >= 15 is 0 Å². The van der Waals surface area contributed by atoms with Crippen LogP contribution in [0.2, 0.25) is 5.02 Å². The lowest BCUT2D eigenvalue weighted by Gasteiger charge is -2.08. The number of aryl methyl sites for hydroxylation is 1. The van der Waals surface area contributed by atoms with Crippen LogP contribution in [0.1, 0.15) is 4.88 Å². The first-order chi connectivity index (χ1) is 9.65. The molecule has 0 saturated carbocycles. The Balaban J connectivity index is 2.06. The molecule has 3 aromatic rings. The topological polar surface area (TPSA) is 49.8 Å². The Morgan fingerprint density at radius 1 is 1.15 bits per heavy atom. The predicted octanol–water partition coefficient (Wildman–Crippen LogP) is 4.44. The first kappa shape index (κ1) is 13.1. The highest BCUT2D eigenvalue weighted by Crippen LogP contribution is 2.31. The van der Waals surface area contributed by atoms with Gasteiger partial charge in [0.2, 0.25) is 5.95 Å². The fraction of sp³-hybridized carbons (Fsp3) is 0.143. The van der Waals surface area contributed by atoms with E-state index in [1.54, 1.807) is 11.3 Å². The fourth-order valence-electron chi connectivity index (χ4n) is 1.92. The van der Waals surface area contributed by atoms with Crippen LogP contribution in [-0.2, 0) is 0 Å². The number of nitrogens with one attached hydrogen (secondary N) is 2. The standard InChI is InChI=1S/C14H13ClN4S/c1-8-7-11-12(17-10-5-3-9(15)4-6-10)18-14(16-2)19-13(11)20-8/h3-7H,1-2H3,(H2,16,17,18,19). The van der Waals surface area contributed by atoms with Gasteiger partial charge in [-0.05, 0) is 37.3 Å². The number of rotatable bonds is 3. The van der Waals surface area contributed by atoms with Gasteiger partial charge >= 0.3 is 0 Å². The predicted molar refractivity (Wildman–Crippen MR) is 86.4 cm³/mol. The molecule has 0 amide bonds. The van der Waals surface area contributed by atoms with Crippen LogP contribution in [-0.4, -0.2) is 17.0 Å². The van der Waals surface area contributed by atoms with Gasteiger partial charge in [0.05, 0.1) is 5.39 Å². The van der Waals surface area contributed by atoms with Gasteiger partial charge in [0, 0.05) is 22.6 Å². The number of aromatic nitrogens is 2. The summed E-state index contributed by atoms with van der Waals surface area (Å²) < 4.78 is 0. The second-order valence-corrected chi connectivity index (χ2v) is 6.02. The minimum atomic E-state index is 0.607. The van der Waals surface area contributed by atoms with Crippen LogP contribution in [0.4, 0.5) is 17.5 Å². The number of thiophene rings is 1. The first-order valence-electron chi connectivity index (χ1n) is 6.14. The van der Waals surface area contributed by atoms with E-state index in [0.29, 0.717) is 11.0 Å². The van der Waals surface area contributed by atoms with Crippen LogP contribution in [0.5, 0.6) is 0 Å². The normalized spacial score (nSPS) is 10.8. The number of anilines is 3. The minimum Gasteiger partial charge on any atom is -0.357 e. The van der Waals surface area contributed by atoms with Crippen LogP contribution in [0.3, 0.4) is 0 Å². The summed E-state index contributed by atoms with van der Waals surface area (Å²) in [5.41, 5.74) is 0.945. The molecule has 0 radical (unpaired) electrons. The molecule has 0 unspecified atom stereocenters. The van der Waals surface area contributed by atoms with E-state index in [9.17, 15) is 0 Å². The molecule has 0 spiro atoms. The van der Waals surface area contributed by atoms with Crippen molar-refractivity contribution in [3.63, 3.8) is 0 Å². The maximum atomic E-state index is 5.90. The van der Waals surface area contributed by atoms with Crippen molar-refractivity contribution in [1.82, 2.24) is 9.97 Å². The summed E-state index contributed by atoms with van der Waals surface area (Å²) in [6, 6.07) is 9.64. The average molecular weight is 305 g/mol. The number of benzene rings is 1. The molecule has 102 valence electrons. The van der Waals surface area contributed by atoms with Crippen molar-refractivity contribution in [3.8, 4) is 0 Å². The Labute approximate surface area is 125 Å². The lowest BCUT2D eigenvalue weighted by Crippen LogP contribution is -2.00. The van der Waals surface area contributed by atoms with Crippen LogP contribution in [0.25, 0.3) is 10.2 Å². The zero-order valence-electron chi connectivity index (χ0n) is 11.1. The molecule has 0 aliphatic heterocycles. The van der Waals surface area contributed by atoms with Gasteiger partial charge in [-0.2, -0.15) is 4.98 Å². The van der Waals surface area contributed by atoms with E-state index in [4.69, 9.17) is 11.6 Å². The molecule has 6 heteroatoms. The molecule has 4 nitrogen and oxygen atoms in total. The number of halogens is 1. The van der Waals surface area contributed by atoms with Crippen molar-refractivity contribution in [2.45, 2.75) is 6.92 Å². The quantitative estimate of drug-likeness (QED) is 0.751. The summed E-state index contributed by atoms with van der Waals surface area (Å²) in [6.07, 6.45) is 0. The van der Waals surface area contributed by atoms with Crippen LogP contribution >= 0.6 is 22.9 Å². The number of hydrogen-bond donors (Lipinski definition) is 2. The highest BCUT2D eigenvalue weighted by atomic mass is 35.5. The lowest BCUT2D eigenvalue weighted by atomic mass is 10.3. The van der Waals surface area contributed by atoms with Crippen molar-refractivity contribution in [2.24, 2.45) is 0 Å². The third-order valence-electron chi connectivity index (χ3n) is 2.85. The molecular weight excluding hydrogens is 292 g/mol. The van der Waals surface area contributed by atoms with E-state index < -0.39 is 0 Å². The molecule has 20 heavy (non-hydrogen) atoms. The third-order valence-corrected chi connectivity index (χ3v) is 4.04. The van der Waals surface area contributed by atoms with Crippen molar-refractivity contribution in [1.29, 1.82) is 0 Å². The molecule has 2 heterocycles. The van der Waals surface area contributed by atoms with Gasteiger partial charge in [0.25, 0.3) is 0 Å². The highest BCUT2D eigenvalue weighted by molar-refractivity contribution is 7.18. The summed E-state index contributed by atoms with van der Waals surface area (Å²) in [5.74, 6) is 1.40. The second kappa shape index (κ2) is 5.26.